The molecule has 0 N–H and O–H groups in total. The maximum atomic E-state index is 12.7. The molecule has 0 saturated carbocycles. The first-order chi connectivity index (χ1) is 10.7. The van der Waals surface area contributed by atoms with Crippen molar-refractivity contribution < 1.29 is 9.53 Å². The zero-order chi connectivity index (χ0) is 15.1. The van der Waals surface area contributed by atoms with Crippen molar-refractivity contribution in [2.75, 3.05) is 26.7 Å². The van der Waals surface area contributed by atoms with Crippen LogP contribution in [0.4, 0.5) is 0 Å². The summed E-state index contributed by atoms with van der Waals surface area (Å²) in [5.41, 5.74) is 0. The fourth-order valence-electron chi connectivity index (χ4n) is 3.93. The minimum Gasteiger partial charge on any atom is -0.497 e. The SMILES string of the molecule is COc1ccc2cc(C(=O)C[C@H]3CN4CCC3CC4)sc2c1. The molecule has 22 heavy (non-hydrogen) atoms. The van der Waals surface area contributed by atoms with Gasteiger partial charge in [0.15, 0.2) is 5.78 Å². The third kappa shape index (κ3) is 2.55. The Morgan fingerprint density at radius 3 is 2.82 bits per heavy atom. The molecular formula is C18H21NO2S. The first-order valence-corrected chi connectivity index (χ1v) is 8.88. The molecule has 2 bridgehead atoms. The first-order valence-electron chi connectivity index (χ1n) is 8.06. The predicted molar refractivity (Wildman–Crippen MR) is 90.0 cm³/mol. The Morgan fingerprint density at radius 1 is 1.32 bits per heavy atom. The van der Waals surface area contributed by atoms with Crippen LogP contribution in [0.5, 0.6) is 5.75 Å². The average Bonchev–Trinajstić information content (AvgIpc) is 2.99. The zero-order valence-corrected chi connectivity index (χ0v) is 13.7. The number of ketones is 1. The highest BCUT2D eigenvalue weighted by Crippen LogP contribution is 2.36. The van der Waals surface area contributed by atoms with Crippen LogP contribution >= 0.6 is 11.3 Å². The fraction of sp³-hybridized carbons (Fsp3) is 0.500. The summed E-state index contributed by atoms with van der Waals surface area (Å²) in [6.07, 6.45) is 3.27. The average molecular weight is 315 g/mol. The van der Waals surface area contributed by atoms with E-state index in [4.69, 9.17) is 4.74 Å². The normalized spacial score (nSPS) is 27.2. The number of carbonyl (C=O) groups excluding carboxylic acids is 1. The summed E-state index contributed by atoms with van der Waals surface area (Å²) in [4.78, 5) is 16.1. The molecule has 2 aromatic rings. The van der Waals surface area contributed by atoms with Gasteiger partial charge in [0.1, 0.15) is 5.75 Å². The summed E-state index contributed by atoms with van der Waals surface area (Å²) >= 11 is 1.60. The number of fused-ring (bicyclic) bond motifs is 4. The van der Waals surface area contributed by atoms with E-state index < -0.39 is 0 Å². The standard InChI is InChI=1S/C18H21NO2S/c1-21-15-3-2-13-9-18(22-17(13)10-15)16(20)8-14-11-19-6-4-12(14)5-7-19/h2-3,9-10,12,14H,4-8,11H2,1H3/t14-/m0/s1. The molecule has 3 aliphatic rings. The van der Waals surface area contributed by atoms with E-state index in [-0.39, 0.29) is 0 Å². The number of hydrogen-bond acceptors (Lipinski definition) is 4. The van der Waals surface area contributed by atoms with Gasteiger partial charge in [-0.3, -0.25) is 4.79 Å². The number of hydrogen-bond donors (Lipinski definition) is 0. The van der Waals surface area contributed by atoms with Crippen LogP contribution in [-0.2, 0) is 0 Å². The Kier molecular flexibility index (Phi) is 3.66. The summed E-state index contributed by atoms with van der Waals surface area (Å²) in [6, 6.07) is 8.06. The van der Waals surface area contributed by atoms with Gasteiger partial charge in [-0.15, -0.1) is 11.3 Å². The second-order valence-electron chi connectivity index (χ2n) is 6.54. The summed E-state index contributed by atoms with van der Waals surface area (Å²) in [5.74, 6) is 2.50. The van der Waals surface area contributed by atoms with Crippen molar-refractivity contribution in [1.29, 1.82) is 0 Å². The van der Waals surface area contributed by atoms with Gasteiger partial charge in [-0.1, -0.05) is 0 Å². The van der Waals surface area contributed by atoms with Crippen molar-refractivity contribution in [2.45, 2.75) is 19.3 Å². The number of thiophene rings is 1. The zero-order valence-electron chi connectivity index (χ0n) is 12.9. The van der Waals surface area contributed by atoms with E-state index in [1.807, 2.05) is 24.3 Å². The van der Waals surface area contributed by atoms with Gasteiger partial charge in [0.25, 0.3) is 0 Å². The molecule has 116 valence electrons. The number of methoxy groups -OCH3 is 1. The number of benzene rings is 1. The van der Waals surface area contributed by atoms with Gasteiger partial charge in [-0.05, 0) is 67.4 Å². The van der Waals surface area contributed by atoms with Crippen molar-refractivity contribution in [3.8, 4) is 5.75 Å². The van der Waals surface area contributed by atoms with Crippen LogP contribution in [0.15, 0.2) is 24.3 Å². The molecule has 1 atom stereocenters. The first kappa shape index (κ1) is 14.2. The molecule has 0 spiro atoms. The number of piperidine rings is 3. The van der Waals surface area contributed by atoms with E-state index in [2.05, 4.69) is 4.90 Å². The van der Waals surface area contributed by atoms with E-state index >= 15 is 0 Å². The largest absolute Gasteiger partial charge is 0.497 e. The Hall–Kier alpha value is -1.39. The van der Waals surface area contributed by atoms with Crippen LogP contribution in [0.2, 0.25) is 0 Å². The summed E-state index contributed by atoms with van der Waals surface area (Å²) < 4.78 is 6.40. The summed E-state index contributed by atoms with van der Waals surface area (Å²) in [7, 11) is 1.67. The van der Waals surface area contributed by atoms with E-state index in [0.717, 1.165) is 33.2 Å². The minimum atomic E-state index is 0.318. The van der Waals surface area contributed by atoms with Crippen molar-refractivity contribution >= 4 is 27.2 Å². The quantitative estimate of drug-likeness (QED) is 0.803. The molecular weight excluding hydrogens is 294 g/mol. The van der Waals surface area contributed by atoms with Crippen molar-refractivity contribution in [3.05, 3.63) is 29.1 Å². The Morgan fingerprint density at radius 2 is 2.14 bits per heavy atom. The number of ether oxygens (including phenoxy) is 1. The van der Waals surface area contributed by atoms with E-state index in [1.165, 1.54) is 25.9 Å². The monoisotopic (exact) mass is 315 g/mol. The maximum absolute atomic E-state index is 12.7. The van der Waals surface area contributed by atoms with Crippen LogP contribution in [0, 0.1) is 11.8 Å². The lowest BCUT2D eigenvalue weighted by atomic mass is 9.76. The molecule has 1 aromatic heterocycles. The lowest BCUT2D eigenvalue weighted by Crippen LogP contribution is -2.47. The molecule has 3 aliphatic heterocycles. The van der Waals surface area contributed by atoms with Crippen LogP contribution in [0.1, 0.15) is 28.9 Å². The number of nitrogens with zero attached hydrogens (tertiary/aromatic N) is 1. The lowest BCUT2D eigenvalue weighted by Gasteiger charge is -2.44. The minimum absolute atomic E-state index is 0.318. The molecule has 4 heteroatoms. The molecule has 0 aliphatic carbocycles. The second kappa shape index (κ2) is 5.67. The van der Waals surface area contributed by atoms with Crippen LogP contribution in [-0.4, -0.2) is 37.4 Å². The van der Waals surface area contributed by atoms with Gasteiger partial charge >= 0.3 is 0 Å². The van der Waals surface area contributed by atoms with Crippen LogP contribution < -0.4 is 4.74 Å². The number of Topliss-reactive ketones (excluding diaryl/α,β-unsaturated/α-hetero) is 1. The molecule has 3 nitrogen and oxygen atoms in total. The lowest BCUT2D eigenvalue weighted by molar-refractivity contribution is 0.0442. The number of rotatable bonds is 4. The van der Waals surface area contributed by atoms with Crippen LogP contribution in [0.3, 0.4) is 0 Å². The van der Waals surface area contributed by atoms with Crippen molar-refractivity contribution in [2.24, 2.45) is 11.8 Å². The van der Waals surface area contributed by atoms with Crippen molar-refractivity contribution in [3.63, 3.8) is 0 Å². The third-order valence-corrected chi connectivity index (χ3v) is 6.38. The summed E-state index contributed by atoms with van der Waals surface area (Å²) in [6.45, 7) is 3.59. The molecule has 0 amide bonds. The van der Waals surface area contributed by atoms with E-state index in [9.17, 15) is 4.79 Å². The highest BCUT2D eigenvalue weighted by molar-refractivity contribution is 7.20. The molecule has 0 radical (unpaired) electrons. The second-order valence-corrected chi connectivity index (χ2v) is 7.62. The van der Waals surface area contributed by atoms with Crippen molar-refractivity contribution in [1.82, 2.24) is 4.90 Å². The predicted octanol–water partition coefficient (Wildman–Crippen LogP) is 3.82. The Labute approximate surface area is 134 Å². The van der Waals surface area contributed by atoms with E-state index in [1.54, 1.807) is 18.4 Å². The highest BCUT2D eigenvalue weighted by atomic mass is 32.1. The smallest absolute Gasteiger partial charge is 0.173 e. The maximum Gasteiger partial charge on any atom is 0.173 e. The highest BCUT2D eigenvalue weighted by Gasteiger charge is 2.35. The van der Waals surface area contributed by atoms with Gasteiger partial charge in [-0.2, -0.15) is 0 Å². The van der Waals surface area contributed by atoms with E-state index in [0.29, 0.717) is 18.1 Å². The molecule has 4 heterocycles. The van der Waals surface area contributed by atoms with Gasteiger partial charge < -0.3 is 9.64 Å². The fourth-order valence-corrected chi connectivity index (χ4v) is 4.97. The van der Waals surface area contributed by atoms with Gasteiger partial charge in [-0.25, -0.2) is 0 Å². The number of carbonyl (C=O) groups is 1. The Balaban J connectivity index is 1.52. The molecule has 1 aromatic carbocycles. The third-order valence-electron chi connectivity index (χ3n) is 5.24. The molecule has 0 unspecified atom stereocenters. The molecule has 3 saturated heterocycles. The summed E-state index contributed by atoms with van der Waals surface area (Å²) in [5, 5.41) is 1.14. The van der Waals surface area contributed by atoms with Gasteiger partial charge in [0, 0.05) is 17.7 Å². The molecule has 3 fully saturated rings. The topological polar surface area (TPSA) is 29.5 Å². The Bertz CT molecular complexity index is 700. The van der Waals surface area contributed by atoms with Gasteiger partial charge in [0.05, 0.1) is 12.0 Å². The van der Waals surface area contributed by atoms with Crippen LogP contribution in [0.25, 0.3) is 10.1 Å². The molecule has 5 rings (SSSR count). The van der Waals surface area contributed by atoms with Gasteiger partial charge in [0.2, 0.25) is 0 Å².